The molecule has 3 heterocycles. The Morgan fingerprint density at radius 1 is 1.26 bits per heavy atom. The first kappa shape index (κ1) is 14.1. The maximum atomic E-state index is 5.32. The van der Waals surface area contributed by atoms with Crippen molar-refractivity contribution in [3.8, 4) is 11.5 Å². The van der Waals surface area contributed by atoms with Crippen LogP contribution >= 0.6 is 0 Å². The first-order valence-corrected chi connectivity index (χ1v) is 7.79. The van der Waals surface area contributed by atoms with E-state index in [1.807, 2.05) is 41.9 Å². The molecule has 0 spiro atoms. The summed E-state index contributed by atoms with van der Waals surface area (Å²) in [5, 5.41) is 11.9. The van der Waals surface area contributed by atoms with Crippen molar-refractivity contribution in [2.75, 3.05) is 0 Å². The van der Waals surface area contributed by atoms with Gasteiger partial charge < -0.3 is 9.84 Å². The molecule has 4 rings (SSSR count). The Morgan fingerprint density at radius 3 is 3.00 bits per heavy atom. The lowest BCUT2D eigenvalue weighted by Gasteiger charge is -2.22. The molecule has 0 unspecified atom stereocenters. The van der Waals surface area contributed by atoms with Crippen LogP contribution in [0.3, 0.4) is 0 Å². The summed E-state index contributed by atoms with van der Waals surface area (Å²) >= 11 is 0. The number of benzene rings is 1. The lowest BCUT2D eigenvalue weighted by molar-refractivity contribution is 0.350. The van der Waals surface area contributed by atoms with E-state index in [0.717, 1.165) is 36.6 Å². The predicted molar refractivity (Wildman–Crippen MR) is 83.4 cm³/mol. The zero-order valence-corrected chi connectivity index (χ0v) is 12.9. The molecular formula is C16H18N6O. The molecule has 1 aromatic carbocycles. The Balaban J connectivity index is 1.38. The fraction of sp³-hybridized carbons (Fsp3) is 0.375. The highest BCUT2D eigenvalue weighted by Crippen LogP contribution is 2.17. The summed E-state index contributed by atoms with van der Waals surface area (Å²) in [6, 6.07) is 10.1. The van der Waals surface area contributed by atoms with Crippen molar-refractivity contribution < 1.29 is 4.52 Å². The topological polar surface area (TPSA) is 81.7 Å². The first-order valence-electron chi connectivity index (χ1n) is 7.79. The molecule has 0 radical (unpaired) electrons. The summed E-state index contributed by atoms with van der Waals surface area (Å²) in [6.07, 6.45) is 1.99. The summed E-state index contributed by atoms with van der Waals surface area (Å²) in [6.45, 7) is 3.35. The lowest BCUT2D eigenvalue weighted by atomic mass is 10.1. The molecule has 118 valence electrons. The van der Waals surface area contributed by atoms with Gasteiger partial charge in [-0.15, -0.1) is 0 Å². The normalized spacial score (nSPS) is 17.2. The fourth-order valence-electron chi connectivity index (χ4n) is 2.86. The molecule has 1 aliphatic heterocycles. The SMILES string of the molecule is Cc1nc2n(n1)C[C@@H](NCc1noc(-c3ccccc3)n1)CC2. The van der Waals surface area contributed by atoms with E-state index in [4.69, 9.17) is 4.52 Å². The van der Waals surface area contributed by atoms with Gasteiger partial charge in [0.05, 0.1) is 13.1 Å². The minimum atomic E-state index is 0.349. The van der Waals surface area contributed by atoms with Gasteiger partial charge in [-0.2, -0.15) is 10.1 Å². The Morgan fingerprint density at radius 2 is 2.13 bits per heavy atom. The molecular weight excluding hydrogens is 292 g/mol. The van der Waals surface area contributed by atoms with Gasteiger partial charge in [-0.3, -0.25) is 0 Å². The number of hydrogen-bond donors (Lipinski definition) is 1. The molecule has 23 heavy (non-hydrogen) atoms. The Kier molecular flexibility index (Phi) is 3.63. The van der Waals surface area contributed by atoms with E-state index in [1.165, 1.54) is 0 Å². The van der Waals surface area contributed by atoms with Crippen molar-refractivity contribution in [1.82, 2.24) is 30.2 Å². The highest BCUT2D eigenvalue weighted by atomic mass is 16.5. The van der Waals surface area contributed by atoms with Gasteiger partial charge in [-0.1, -0.05) is 23.4 Å². The third-order valence-corrected chi connectivity index (χ3v) is 4.00. The number of nitrogens with one attached hydrogen (secondary N) is 1. The van der Waals surface area contributed by atoms with Gasteiger partial charge in [0.2, 0.25) is 0 Å². The summed E-state index contributed by atoms with van der Waals surface area (Å²) < 4.78 is 7.31. The van der Waals surface area contributed by atoms with Gasteiger partial charge in [0.15, 0.2) is 5.82 Å². The molecule has 1 atom stereocenters. The summed E-state index contributed by atoms with van der Waals surface area (Å²) in [5.41, 5.74) is 0.937. The molecule has 1 aliphatic rings. The van der Waals surface area contributed by atoms with Crippen molar-refractivity contribution in [1.29, 1.82) is 0 Å². The van der Waals surface area contributed by atoms with Gasteiger partial charge in [-0.25, -0.2) is 9.67 Å². The molecule has 0 saturated heterocycles. The second-order valence-corrected chi connectivity index (χ2v) is 5.76. The molecule has 7 heteroatoms. The summed E-state index contributed by atoms with van der Waals surface area (Å²) in [4.78, 5) is 8.86. The Labute approximate surface area is 133 Å². The lowest BCUT2D eigenvalue weighted by Crippen LogP contribution is -2.37. The second kappa shape index (κ2) is 5.92. The molecule has 3 aromatic rings. The molecule has 2 aromatic heterocycles. The van der Waals surface area contributed by atoms with Crippen molar-refractivity contribution >= 4 is 0 Å². The van der Waals surface area contributed by atoms with Crippen LogP contribution in [0.1, 0.15) is 23.9 Å². The van der Waals surface area contributed by atoms with E-state index >= 15 is 0 Å². The maximum absolute atomic E-state index is 5.32. The van der Waals surface area contributed by atoms with Crippen LogP contribution in [0.25, 0.3) is 11.5 Å². The van der Waals surface area contributed by atoms with Crippen LogP contribution in [0.5, 0.6) is 0 Å². The number of rotatable bonds is 4. The van der Waals surface area contributed by atoms with E-state index in [2.05, 4.69) is 25.5 Å². The van der Waals surface area contributed by atoms with Crippen molar-refractivity contribution in [3.05, 3.63) is 47.8 Å². The van der Waals surface area contributed by atoms with Crippen LogP contribution in [0.4, 0.5) is 0 Å². The summed E-state index contributed by atoms with van der Waals surface area (Å²) in [7, 11) is 0. The highest BCUT2D eigenvalue weighted by molar-refractivity contribution is 5.51. The van der Waals surface area contributed by atoms with Gasteiger partial charge in [0.1, 0.15) is 11.6 Å². The van der Waals surface area contributed by atoms with E-state index in [-0.39, 0.29) is 0 Å². The van der Waals surface area contributed by atoms with Gasteiger partial charge in [-0.05, 0) is 25.5 Å². The molecule has 0 bridgehead atoms. The van der Waals surface area contributed by atoms with Gasteiger partial charge in [0.25, 0.3) is 5.89 Å². The minimum Gasteiger partial charge on any atom is -0.334 e. The van der Waals surface area contributed by atoms with Crippen LogP contribution in [-0.4, -0.2) is 30.9 Å². The molecule has 7 nitrogen and oxygen atoms in total. The quantitative estimate of drug-likeness (QED) is 0.790. The molecule has 1 N–H and O–H groups in total. The Bertz CT molecular complexity index is 794. The van der Waals surface area contributed by atoms with E-state index in [9.17, 15) is 0 Å². The monoisotopic (exact) mass is 310 g/mol. The van der Waals surface area contributed by atoms with Gasteiger partial charge in [0, 0.05) is 18.0 Å². The number of fused-ring (bicyclic) bond motifs is 1. The minimum absolute atomic E-state index is 0.349. The average molecular weight is 310 g/mol. The van der Waals surface area contributed by atoms with Crippen LogP contribution in [0, 0.1) is 6.92 Å². The third-order valence-electron chi connectivity index (χ3n) is 4.00. The van der Waals surface area contributed by atoms with Gasteiger partial charge >= 0.3 is 0 Å². The standard InChI is InChI=1S/C16H18N6O/c1-11-18-15-8-7-13(10-22(15)20-11)17-9-14-19-16(23-21-14)12-5-3-2-4-6-12/h2-6,13,17H,7-10H2,1H3/t13-/m0/s1. The number of hydrogen-bond acceptors (Lipinski definition) is 6. The number of nitrogens with zero attached hydrogens (tertiary/aromatic N) is 5. The van der Waals surface area contributed by atoms with Crippen molar-refractivity contribution in [2.24, 2.45) is 0 Å². The van der Waals surface area contributed by atoms with E-state index in [1.54, 1.807) is 0 Å². The Hall–Kier alpha value is -2.54. The van der Waals surface area contributed by atoms with Crippen molar-refractivity contribution in [3.63, 3.8) is 0 Å². The third kappa shape index (κ3) is 3.00. The fourth-order valence-corrected chi connectivity index (χ4v) is 2.86. The first-order chi connectivity index (χ1) is 11.3. The predicted octanol–water partition coefficient (Wildman–Crippen LogP) is 1.74. The van der Waals surface area contributed by atoms with E-state index in [0.29, 0.717) is 24.3 Å². The average Bonchev–Trinajstić information content (AvgIpc) is 3.18. The van der Waals surface area contributed by atoms with E-state index < -0.39 is 0 Å². The zero-order chi connectivity index (χ0) is 15.6. The van der Waals surface area contributed by atoms with Crippen molar-refractivity contribution in [2.45, 2.75) is 38.9 Å². The molecule has 0 aliphatic carbocycles. The number of aromatic nitrogens is 5. The van der Waals surface area contributed by atoms with Crippen LogP contribution in [0.15, 0.2) is 34.9 Å². The van der Waals surface area contributed by atoms with Crippen LogP contribution in [-0.2, 0) is 19.5 Å². The summed E-state index contributed by atoms with van der Waals surface area (Å²) in [5.74, 6) is 3.14. The molecule has 0 saturated carbocycles. The molecule has 0 amide bonds. The maximum Gasteiger partial charge on any atom is 0.257 e. The smallest absolute Gasteiger partial charge is 0.257 e. The highest BCUT2D eigenvalue weighted by Gasteiger charge is 2.21. The van der Waals surface area contributed by atoms with Crippen LogP contribution in [0.2, 0.25) is 0 Å². The largest absolute Gasteiger partial charge is 0.334 e. The number of aryl methyl sites for hydroxylation is 2. The zero-order valence-electron chi connectivity index (χ0n) is 12.9. The van der Waals surface area contributed by atoms with Crippen LogP contribution < -0.4 is 5.32 Å². The molecule has 0 fully saturated rings. The second-order valence-electron chi connectivity index (χ2n) is 5.76.